The number of carbonyl (C=O) groups is 2. The molecule has 0 aliphatic heterocycles. The maximum Gasteiger partial charge on any atom is 0.414 e. The molecule has 1 amide bonds. The van der Waals surface area contributed by atoms with Crippen LogP contribution < -0.4 is 10.2 Å². The van der Waals surface area contributed by atoms with Crippen LogP contribution in [0.1, 0.15) is 49.7 Å². The molecule has 176 valence electrons. The fourth-order valence-electron chi connectivity index (χ4n) is 2.75. The number of aromatic amines is 1. The summed E-state index contributed by atoms with van der Waals surface area (Å²) in [5.41, 5.74) is 0.883. The zero-order chi connectivity index (χ0) is 23.6. The Labute approximate surface area is 184 Å². The highest BCUT2D eigenvalue weighted by Crippen LogP contribution is 2.28. The first-order valence-electron chi connectivity index (χ1n) is 9.85. The number of alkyl carbamates (subject to hydrolysis) is 1. The number of aryl methyl sites for hydroxylation is 1. The molecule has 1 aromatic rings. The van der Waals surface area contributed by atoms with Gasteiger partial charge in [0.2, 0.25) is 0 Å². The molecule has 1 atom stereocenters. The molecule has 0 saturated heterocycles. The van der Waals surface area contributed by atoms with E-state index in [0.29, 0.717) is 12.0 Å². The van der Waals surface area contributed by atoms with Gasteiger partial charge in [0, 0.05) is 12.7 Å². The highest BCUT2D eigenvalue weighted by Gasteiger charge is 2.40. The number of nitrogens with one attached hydrogen (secondary N) is 2. The lowest BCUT2D eigenvalue weighted by atomic mass is 10.2. The number of alkyl halides is 3. The van der Waals surface area contributed by atoms with Gasteiger partial charge in [-0.1, -0.05) is 13.3 Å². The van der Waals surface area contributed by atoms with Gasteiger partial charge in [0.1, 0.15) is 5.69 Å². The van der Waals surface area contributed by atoms with Crippen molar-refractivity contribution in [2.24, 2.45) is 0 Å². The SMILES string of the molecule is CCCC(OCCN(C(=S)NC(=O)OCC)c1c(C)c[nH]c1C(=O)OCC)C(F)(F)F. The summed E-state index contributed by atoms with van der Waals surface area (Å²) in [5, 5.41) is 2.18. The predicted octanol–water partition coefficient (Wildman–Crippen LogP) is 4.08. The molecule has 31 heavy (non-hydrogen) atoms. The summed E-state index contributed by atoms with van der Waals surface area (Å²) in [6.45, 7) is 6.24. The highest BCUT2D eigenvalue weighted by molar-refractivity contribution is 7.80. The average molecular weight is 468 g/mol. The zero-order valence-electron chi connectivity index (χ0n) is 17.9. The van der Waals surface area contributed by atoms with Gasteiger partial charge in [-0.3, -0.25) is 5.32 Å². The number of ether oxygens (including phenoxy) is 3. The fraction of sp³-hybridized carbons (Fsp3) is 0.632. The monoisotopic (exact) mass is 467 g/mol. The van der Waals surface area contributed by atoms with E-state index in [-0.39, 0.29) is 49.3 Å². The van der Waals surface area contributed by atoms with E-state index in [1.54, 1.807) is 27.7 Å². The van der Waals surface area contributed by atoms with Gasteiger partial charge >= 0.3 is 18.2 Å². The molecule has 0 bridgehead atoms. The third-order valence-electron chi connectivity index (χ3n) is 4.07. The summed E-state index contributed by atoms with van der Waals surface area (Å²) < 4.78 is 54.3. The fourth-order valence-corrected chi connectivity index (χ4v) is 3.01. The number of H-pyrrole nitrogens is 1. The molecule has 0 aliphatic rings. The summed E-state index contributed by atoms with van der Waals surface area (Å²) in [6.07, 6.45) is -5.64. The van der Waals surface area contributed by atoms with Gasteiger partial charge in [-0.2, -0.15) is 13.2 Å². The van der Waals surface area contributed by atoms with E-state index >= 15 is 0 Å². The standard InChI is InChI=1S/C19H28F3N3O5S/c1-5-8-13(19(20,21)22)30-10-9-25(17(31)24-18(27)29-7-3)15-12(4)11-23-14(15)16(26)28-6-2/h11,13,23H,5-10H2,1-4H3,(H,24,27,31). The molecule has 0 saturated carbocycles. The maximum absolute atomic E-state index is 13.1. The van der Waals surface area contributed by atoms with Crippen molar-refractivity contribution in [3.05, 3.63) is 17.5 Å². The summed E-state index contributed by atoms with van der Waals surface area (Å²) in [6, 6.07) is 0. The number of rotatable bonds is 10. The Bertz CT molecular complexity index is 755. The molecule has 0 radical (unpaired) electrons. The molecule has 1 heterocycles. The van der Waals surface area contributed by atoms with Gasteiger partial charge in [-0.25, -0.2) is 9.59 Å². The number of amides is 1. The third-order valence-corrected chi connectivity index (χ3v) is 4.39. The Hall–Kier alpha value is -2.34. The van der Waals surface area contributed by atoms with Gasteiger partial charge in [0.15, 0.2) is 11.2 Å². The van der Waals surface area contributed by atoms with Gasteiger partial charge < -0.3 is 24.1 Å². The van der Waals surface area contributed by atoms with Crippen LogP contribution in [0.2, 0.25) is 0 Å². The van der Waals surface area contributed by atoms with E-state index in [4.69, 9.17) is 26.4 Å². The van der Waals surface area contributed by atoms with Gasteiger partial charge in [-0.05, 0) is 45.0 Å². The van der Waals surface area contributed by atoms with E-state index < -0.39 is 24.3 Å². The van der Waals surface area contributed by atoms with Crippen molar-refractivity contribution in [3.63, 3.8) is 0 Å². The molecule has 12 heteroatoms. The number of hydrogen-bond acceptors (Lipinski definition) is 6. The summed E-state index contributed by atoms with van der Waals surface area (Å²) in [5.74, 6) is -0.672. The van der Waals surface area contributed by atoms with Crippen LogP contribution in [0, 0.1) is 6.92 Å². The van der Waals surface area contributed by atoms with Crippen molar-refractivity contribution < 1.29 is 37.0 Å². The first-order chi connectivity index (χ1) is 14.6. The topological polar surface area (TPSA) is 92.9 Å². The van der Waals surface area contributed by atoms with Crippen LogP contribution in [0.15, 0.2) is 6.20 Å². The van der Waals surface area contributed by atoms with Gasteiger partial charge in [0.05, 0.1) is 25.5 Å². The number of esters is 1. The Kier molecular flexibility index (Phi) is 10.8. The van der Waals surface area contributed by atoms with E-state index in [2.05, 4.69) is 10.3 Å². The molecule has 2 N–H and O–H groups in total. The van der Waals surface area contributed by atoms with Crippen molar-refractivity contribution >= 4 is 35.1 Å². The second-order valence-electron chi connectivity index (χ2n) is 6.41. The van der Waals surface area contributed by atoms with Gasteiger partial charge in [0.25, 0.3) is 0 Å². The largest absolute Gasteiger partial charge is 0.461 e. The number of aromatic nitrogens is 1. The number of nitrogens with zero attached hydrogens (tertiary/aromatic N) is 1. The van der Waals surface area contributed by atoms with Crippen LogP contribution in [-0.2, 0) is 14.2 Å². The van der Waals surface area contributed by atoms with E-state index in [9.17, 15) is 22.8 Å². The minimum atomic E-state index is -4.51. The predicted molar refractivity (Wildman–Crippen MR) is 112 cm³/mol. The highest BCUT2D eigenvalue weighted by atomic mass is 32.1. The lowest BCUT2D eigenvalue weighted by Crippen LogP contribution is -2.46. The molecule has 0 aliphatic carbocycles. The van der Waals surface area contributed by atoms with Crippen LogP contribution >= 0.6 is 12.2 Å². The Morgan fingerprint density at radius 3 is 2.42 bits per heavy atom. The molecule has 0 aromatic carbocycles. The van der Waals surface area contributed by atoms with E-state index in [1.165, 1.54) is 11.1 Å². The first kappa shape index (κ1) is 26.7. The van der Waals surface area contributed by atoms with Crippen molar-refractivity contribution in [2.45, 2.75) is 52.8 Å². The smallest absolute Gasteiger partial charge is 0.414 e. The maximum atomic E-state index is 13.1. The summed E-state index contributed by atoms with van der Waals surface area (Å²) >= 11 is 5.26. The van der Waals surface area contributed by atoms with E-state index in [1.807, 2.05) is 0 Å². The third kappa shape index (κ3) is 8.02. The van der Waals surface area contributed by atoms with Crippen LogP contribution in [0.25, 0.3) is 0 Å². The van der Waals surface area contributed by atoms with Crippen LogP contribution in [0.5, 0.6) is 0 Å². The first-order valence-corrected chi connectivity index (χ1v) is 10.3. The molecule has 0 fully saturated rings. The summed E-state index contributed by atoms with van der Waals surface area (Å²) in [4.78, 5) is 28.2. The second-order valence-corrected chi connectivity index (χ2v) is 6.79. The van der Waals surface area contributed by atoms with Gasteiger partial charge in [-0.15, -0.1) is 0 Å². The van der Waals surface area contributed by atoms with Crippen molar-refractivity contribution in [3.8, 4) is 0 Å². The second kappa shape index (κ2) is 12.5. The van der Waals surface area contributed by atoms with Crippen LogP contribution in [-0.4, -0.2) is 60.8 Å². The van der Waals surface area contributed by atoms with Crippen LogP contribution in [0.3, 0.4) is 0 Å². The molecule has 8 nitrogen and oxygen atoms in total. The molecule has 1 rings (SSSR count). The molecular formula is C19H28F3N3O5S. The molecular weight excluding hydrogens is 439 g/mol. The molecule has 1 unspecified atom stereocenters. The number of anilines is 1. The quantitative estimate of drug-likeness (QED) is 0.396. The Balaban J connectivity index is 3.14. The normalized spacial score (nSPS) is 12.2. The van der Waals surface area contributed by atoms with Crippen LogP contribution in [0.4, 0.5) is 23.7 Å². The number of carbonyl (C=O) groups excluding carboxylic acids is 2. The lowest BCUT2D eigenvalue weighted by molar-refractivity contribution is -0.221. The van der Waals surface area contributed by atoms with Crippen molar-refractivity contribution in [1.82, 2.24) is 10.3 Å². The Morgan fingerprint density at radius 1 is 1.23 bits per heavy atom. The minimum absolute atomic E-state index is 0.0493. The minimum Gasteiger partial charge on any atom is -0.461 e. The molecule has 0 spiro atoms. The Morgan fingerprint density at radius 2 is 1.87 bits per heavy atom. The van der Waals surface area contributed by atoms with Crippen molar-refractivity contribution in [1.29, 1.82) is 0 Å². The average Bonchev–Trinajstić information content (AvgIpc) is 3.05. The van der Waals surface area contributed by atoms with Crippen molar-refractivity contribution in [2.75, 3.05) is 31.3 Å². The summed E-state index contributed by atoms with van der Waals surface area (Å²) in [7, 11) is 0. The number of thiocarbonyl (C=S) groups is 1. The van der Waals surface area contributed by atoms with E-state index in [0.717, 1.165) is 0 Å². The molecule has 1 aromatic heterocycles. The zero-order valence-corrected chi connectivity index (χ0v) is 18.7. The number of halogens is 3. The lowest BCUT2D eigenvalue weighted by Gasteiger charge is -2.27. The number of hydrogen-bond donors (Lipinski definition) is 2.